The van der Waals surface area contributed by atoms with Crippen LogP contribution in [0.5, 0.6) is 5.75 Å². The first kappa shape index (κ1) is 12.9. The maximum absolute atomic E-state index is 5.98. The summed E-state index contributed by atoms with van der Waals surface area (Å²) in [7, 11) is 0. The van der Waals surface area contributed by atoms with Gasteiger partial charge in [0.25, 0.3) is 0 Å². The molecule has 1 fully saturated rings. The Bertz CT molecular complexity index is 376. The third-order valence-corrected chi connectivity index (χ3v) is 3.37. The van der Waals surface area contributed by atoms with Crippen molar-refractivity contribution in [2.45, 2.75) is 31.9 Å². The highest BCUT2D eigenvalue weighted by Crippen LogP contribution is 2.29. The zero-order valence-electron chi connectivity index (χ0n) is 9.99. The van der Waals surface area contributed by atoms with E-state index in [1.165, 1.54) is 0 Å². The Labute approximate surface area is 110 Å². The molecule has 1 saturated heterocycles. The van der Waals surface area contributed by atoms with Gasteiger partial charge in [0, 0.05) is 22.7 Å². The van der Waals surface area contributed by atoms with Gasteiger partial charge in [0.1, 0.15) is 11.9 Å². The van der Waals surface area contributed by atoms with Crippen molar-refractivity contribution < 1.29 is 9.47 Å². The summed E-state index contributed by atoms with van der Waals surface area (Å²) in [6, 6.07) is 5.93. The Morgan fingerprint density at radius 1 is 1.53 bits per heavy atom. The molecule has 1 aromatic rings. The van der Waals surface area contributed by atoms with Crippen molar-refractivity contribution in [2.75, 3.05) is 13.2 Å². The third-order valence-electron chi connectivity index (χ3n) is 2.87. The summed E-state index contributed by atoms with van der Waals surface area (Å²) in [4.78, 5) is 0. The number of halogens is 1. The van der Waals surface area contributed by atoms with E-state index in [4.69, 9.17) is 15.2 Å². The molecular weight excluding hydrogens is 282 g/mol. The molecule has 0 bridgehead atoms. The Kier molecular flexibility index (Phi) is 4.42. The van der Waals surface area contributed by atoms with E-state index in [0.29, 0.717) is 6.61 Å². The molecular formula is C13H18BrNO2. The fourth-order valence-corrected chi connectivity index (χ4v) is 2.34. The number of nitrogens with two attached hydrogens (primary N) is 1. The van der Waals surface area contributed by atoms with Crippen LogP contribution in [-0.4, -0.2) is 19.3 Å². The molecule has 2 rings (SSSR count). The fourth-order valence-electron chi connectivity index (χ4n) is 1.97. The van der Waals surface area contributed by atoms with Crippen LogP contribution in [0.15, 0.2) is 22.7 Å². The number of ether oxygens (including phenoxy) is 2. The lowest BCUT2D eigenvalue weighted by Gasteiger charge is -2.25. The van der Waals surface area contributed by atoms with Crippen LogP contribution >= 0.6 is 15.9 Å². The quantitative estimate of drug-likeness (QED) is 0.933. The average Bonchev–Trinajstić information content (AvgIpc) is 2.32. The first-order valence-corrected chi connectivity index (χ1v) is 6.75. The monoisotopic (exact) mass is 299 g/mol. The highest BCUT2D eigenvalue weighted by molar-refractivity contribution is 9.10. The van der Waals surface area contributed by atoms with Crippen LogP contribution in [0.2, 0.25) is 0 Å². The van der Waals surface area contributed by atoms with Crippen LogP contribution in [0.1, 0.15) is 31.4 Å². The van der Waals surface area contributed by atoms with Crippen molar-refractivity contribution in [3.05, 3.63) is 28.2 Å². The van der Waals surface area contributed by atoms with Crippen LogP contribution in [-0.2, 0) is 4.74 Å². The van der Waals surface area contributed by atoms with Crippen molar-refractivity contribution in [3.63, 3.8) is 0 Å². The van der Waals surface area contributed by atoms with Crippen molar-refractivity contribution in [1.29, 1.82) is 0 Å². The molecule has 1 aliphatic rings. The maximum Gasteiger partial charge on any atom is 0.124 e. The first-order valence-electron chi connectivity index (χ1n) is 5.96. The maximum atomic E-state index is 5.98. The molecule has 1 unspecified atom stereocenters. The standard InChI is InChI=1S/C13H18BrNO2/c1-9(15)12-7-10(14)4-5-13(12)17-11-3-2-6-16-8-11/h4-5,7,9,11H,2-3,6,8,15H2,1H3/t9-,11?/m1/s1. The Morgan fingerprint density at radius 3 is 3.00 bits per heavy atom. The molecule has 17 heavy (non-hydrogen) atoms. The average molecular weight is 300 g/mol. The fraction of sp³-hybridized carbons (Fsp3) is 0.538. The van der Waals surface area contributed by atoms with Crippen LogP contribution in [0, 0.1) is 0 Å². The van der Waals surface area contributed by atoms with Gasteiger partial charge in [-0.2, -0.15) is 0 Å². The van der Waals surface area contributed by atoms with E-state index < -0.39 is 0 Å². The summed E-state index contributed by atoms with van der Waals surface area (Å²) in [5.41, 5.74) is 6.99. The molecule has 1 aromatic carbocycles. The van der Waals surface area contributed by atoms with Crippen molar-refractivity contribution in [3.8, 4) is 5.75 Å². The molecule has 0 spiro atoms. The third kappa shape index (κ3) is 3.44. The second kappa shape index (κ2) is 5.85. The molecule has 1 aliphatic heterocycles. The molecule has 3 nitrogen and oxygen atoms in total. The van der Waals surface area contributed by atoms with Crippen molar-refractivity contribution in [1.82, 2.24) is 0 Å². The summed E-state index contributed by atoms with van der Waals surface area (Å²) in [5, 5.41) is 0. The zero-order chi connectivity index (χ0) is 12.3. The normalized spacial score (nSPS) is 22.2. The van der Waals surface area contributed by atoms with Gasteiger partial charge >= 0.3 is 0 Å². The molecule has 4 heteroatoms. The minimum atomic E-state index is -0.0352. The van der Waals surface area contributed by atoms with Gasteiger partial charge in [-0.25, -0.2) is 0 Å². The number of hydrogen-bond acceptors (Lipinski definition) is 3. The minimum absolute atomic E-state index is 0.0352. The zero-order valence-corrected chi connectivity index (χ0v) is 11.6. The lowest BCUT2D eigenvalue weighted by atomic mass is 10.1. The predicted octanol–water partition coefficient (Wildman–Crippen LogP) is 3.03. The van der Waals surface area contributed by atoms with Gasteiger partial charge in [0.2, 0.25) is 0 Å². The molecule has 0 aromatic heterocycles. The summed E-state index contributed by atoms with van der Waals surface area (Å²) in [5.74, 6) is 0.874. The largest absolute Gasteiger partial charge is 0.488 e. The smallest absolute Gasteiger partial charge is 0.124 e. The molecule has 94 valence electrons. The van der Waals surface area contributed by atoms with Crippen molar-refractivity contribution >= 4 is 15.9 Å². The van der Waals surface area contributed by atoms with E-state index in [2.05, 4.69) is 15.9 Å². The van der Waals surface area contributed by atoms with E-state index >= 15 is 0 Å². The van der Waals surface area contributed by atoms with Crippen molar-refractivity contribution in [2.24, 2.45) is 5.73 Å². The Morgan fingerprint density at radius 2 is 2.35 bits per heavy atom. The lowest BCUT2D eigenvalue weighted by Crippen LogP contribution is -2.28. The van der Waals surface area contributed by atoms with Crippen LogP contribution in [0.3, 0.4) is 0 Å². The van der Waals surface area contributed by atoms with Gasteiger partial charge in [-0.1, -0.05) is 15.9 Å². The molecule has 2 atom stereocenters. The lowest BCUT2D eigenvalue weighted by molar-refractivity contribution is 0.00693. The van der Waals surface area contributed by atoms with Gasteiger partial charge in [-0.15, -0.1) is 0 Å². The van der Waals surface area contributed by atoms with Crippen LogP contribution in [0.4, 0.5) is 0 Å². The summed E-state index contributed by atoms with van der Waals surface area (Å²) >= 11 is 3.45. The van der Waals surface area contributed by atoms with Gasteiger partial charge < -0.3 is 15.2 Å². The topological polar surface area (TPSA) is 44.5 Å². The summed E-state index contributed by atoms with van der Waals surface area (Å²) < 4.78 is 12.4. The van der Waals surface area contributed by atoms with Crippen LogP contribution < -0.4 is 10.5 Å². The predicted molar refractivity (Wildman–Crippen MR) is 71.2 cm³/mol. The molecule has 0 radical (unpaired) electrons. The highest BCUT2D eigenvalue weighted by Gasteiger charge is 2.18. The van der Waals surface area contributed by atoms with Gasteiger partial charge in [0.05, 0.1) is 6.61 Å². The molecule has 0 aliphatic carbocycles. The first-order chi connectivity index (χ1) is 8.16. The second-order valence-electron chi connectivity index (χ2n) is 4.43. The minimum Gasteiger partial charge on any atom is -0.488 e. The number of rotatable bonds is 3. The highest BCUT2D eigenvalue weighted by atomic mass is 79.9. The molecule has 1 heterocycles. The van der Waals surface area contributed by atoms with E-state index in [9.17, 15) is 0 Å². The van der Waals surface area contributed by atoms with Gasteiger partial charge in [0.15, 0.2) is 0 Å². The Balaban J connectivity index is 2.13. The Hall–Kier alpha value is -0.580. The number of benzene rings is 1. The van der Waals surface area contributed by atoms with E-state index in [-0.39, 0.29) is 12.1 Å². The van der Waals surface area contributed by atoms with E-state index in [1.54, 1.807) is 0 Å². The molecule has 2 N–H and O–H groups in total. The molecule has 0 saturated carbocycles. The van der Waals surface area contributed by atoms with Gasteiger partial charge in [-0.3, -0.25) is 0 Å². The van der Waals surface area contributed by atoms with E-state index in [1.807, 2.05) is 25.1 Å². The van der Waals surface area contributed by atoms with Crippen LogP contribution in [0.25, 0.3) is 0 Å². The van der Waals surface area contributed by atoms with E-state index in [0.717, 1.165) is 35.2 Å². The summed E-state index contributed by atoms with van der Waals surface area (Å²) in [6.45, 7) is 3.49. The molecule has 0 amide bonds. The second-order valence-corrected chi connectivity index (χ2v) is 5.34. The SMILES string of the molecule is C[C@@H](N)c1cc(Br)ccc1OC1CCCOC1. The summed E-state index contributed by atoms with van der Waals surface area (Å²) in [6.07, 6.45) is 2.27. The number of hydrogen-bond donors (Lipinski definition) is 1. The van der Waals surface area contributed by atoms with Gasteiger partial charge in [-0.05, 0) is 38.0 Å².